The van der Waals surface area contributed by atoms with Gasteiger partial charge in [-0.2, -0.15) is 0 Å². The molecule has 4 aromatic rings. The number of aliphatic hydroxyl groups excluding tert-OH is 1. The zero-order chi connectivity index (χ0) is 27.2. The van der Waals surface area contributed by atoms with E-state index in [-0.39, 0.29) is 16.6 Å². The maximum Gasteiger partial charge on any atom is 0.264 e. The molecule has 0 bridgehead atoms. The van der Waals surface area contributed by atoms with Crippen molar-refractivity contribution in [1.29, 1.82) is 0 Å². The number of hydrogen-bond donors (Lipinski definition) is 3. The molecule has 200 valence electrons. The molecule has 3 aromatic carbocycles. The fourth-order valence-electron chi connectivity index (χ4n) is 4.50. The van der Waals surface area contributed by atoms with Crippen LogP contribution in [0.2, 0.25) is 0 Å². The zero-order valence-corrected chi connectivity index (χ0v) is 22.0. The summed E-state index contributed by atoms with van der Waals surface area (Å²) in [5.74, 6) is 0.153. The molecule has 39 heavy (non-hydrogen) atoms. The van der Waals surface area contributed by atoms with Crippen LogP contribution in [0.1, 0.15) is 34.0 Å². The number of carbonyl (C=O) groups excluding carboxylic acids is 1. The van der Waals surface area contributed by atoms with Gasteiger partial charge in [0.15, 0.2) is 0 Å². The number of aromatic nitrogens is 1. The van der Waals surface area contributed by atoms with Crippen molar-refractivity contribution in [2.24, 2.45) is 0 Å². The van der Waals surface area contributed by atoms with Crippen molar-refractivity contribution < 1.29 is 23.1 Å². The van der Waals surface area contributed by atoms with Crippen LogP contribution in [-0.4, -0.2) is 43.6 Å². The number of aliphatic hydroxyl groups is 1. The minimum atomic E-state index is -4.00. The van der Waals surface area contributed by atoms with Crippen molar-refractivity contribution in [3.63, 3.8) is 0 Å². The first kappa shape index (κ1) is 26.6. The van der Waals surface area contributed by atoms with E-state index in [1.807, 2.05) is 18.2 Å². The van der Waals surface area contributed by atoms with E-state index in [2.05, 4.69) is 21.1 Å². The number of nitrogens with zero attached hydrogens (tertiary/aromatic N) is 1. The number of fused-ring (bicyclic) bond motifs is 1. The second-order valence-electron chi connectivity index (χ2n) is 9.39. The van der Waals surface area contributed by atoms with Crippen LogP contribution in [-0.2, 0) is 16.4 Å². The van der Waals surface area contributed by atoms with Gasteiger partial charge in [0.1, 0.15) is 11.9 Å². The molecule has 2 atom stereocenters. The van der Waals surface area contributed by atoms with Gasteiger partial charge in [-0.3, -0.25) is 9.78 Å². The summed E-state index contributed by atoms with van der Waals surface area (Å²) in [6, 6.07) is 24.3. The third-order valence-electron chi connectivity index (χ3n) is 6.63. The summed E-state index contributed by atoms with van der Waals surface area (Å²) in [6.07, 6.45) is 4.40. The monoisotopic (exact) mass is 543 g/mol. The lowest BCUT2D eigenvalue weighted by Crippen LogP contribution is -2.36. The molecule has 0 radical (unpaired) electrons. The summed E-state index contributed by atoms with van der Waals surface area (Å²) in [6.45, 7) is 1.04. The van der Waals surface area contributed by atoms with Gasteiger partial charge >= 0.3 is 0 Å². The molecule has 0 saturated carbocycles. The normalized spacial score (nSPS) is 15.6. The Morgan fingerprint density at radius 2 is 1.77 bits per heavy atom. The Kier molecular flexibility index (Phi) is 8.02. The van der Waals surface area contributed by atoms with Gasteiger partial charge in [-0.25, -0.2) is 13.1 Å². The van der Waals surface area contributed by atoms with Gasteiger partial charge in [-0.05, 0) is 72.0 Å². The maximum atomic E-state index is 12.7. The molecular formula is C30H29N3O5S. The smallest absolute Gasteiger partial charge is 0.264 e. The second kappa shape index (κ2) is 11.8. The first-order valence-corrected chi connectivity index (χ1v) is 14.2. The van der Waals surface area contributed by atoms with Crippen LogP contribution in [0.5, 0.6) is 5.75 Å². The topological polar surface area (TPSA) is 118 Å². The van der Waals surface area contributed by atoms with Crippen LogP contribution in [0.3, 0.4) is 0 Å². The Balaban J connectivity index is 1.18. The Morgan fingerprint density at radius 1 is 1.00 bits per heavy atom. The van der Waals surface area contributed by atoms with E-state index in [0.717, 1.165) is 40.8 Å². The Labute approximate surface area is 227 Å². The van der Waals surface area contributed by atoms with Crippen LogP contribution >= 0.6 is 0 Å². The van der Waals surface area contributed by atoms with Gasteiger partial charge in [0.05, 0.1) is 11.0 Å². The summed E-state index contributed by atoms with van der Waals surface area (Å²) in [4.78, 5) is 16.4. The number of ether oxygens (including phenoxy) is 1. The van der Waals surface area contributed by atoms with Crippen LogP contribution in [0.25, 0.3) is 11.1 Å². The summed E-state index contributed by atoms with van der Waals surface area (Å²) in [5, 5.41) is 13.6. The van der Waals surface area contributed by atoms with Crippen LogP contribution in [0.15, 0.2) is 102 Å². The predicted octanol–water partition coefficient (Wildman–Crippen LogP) is 3.88. The Morgan fingerprint density at radius 3 is 2.51 bits per heavy atom. The molecule has 2 heterocycles. The standard InChI is InChI=1S/C30H29N3O5S/c34-28(25-7-4-16-31-18-25)20-32-19-26-12-8-24-17-23(11-15-29(24)38-26)21-9-13-27(14-10-21)39(36,37)33-30(35)22-5-2-1-3-6-22/h1-7,9-11,13-18,26,28,32,34H,8,12,19-20H2,(H,33,35)/t26-,28+/m1/s1. The average Bonchev–Trinajstić information content (AvgIpc) is 2.97. The number of rotatable bonds is 9. The van der Waals surface area contributed by atoms with E-state index in [0.29, 0.717) is 13.1 Å². The molecule has 0 saturated heterocycles. The van der Waals surface area contributed by atoms with E-state index in [4.69, 9.17) is 4.74 Å². The zero-order valence-electron chi connectivity index (χ0n) is 21.2. The first-order chi connectivity index (χ1) is 18.9. The molecule has 8 nitrogen and oxygen atoms in total. The molecule has 0 unspecified atom stereocenters. The van der Waals surface area contributed by atoms with Gasteiger partial charge in [-0.15, -0.1) is 0 Å². The highest BCUT2D eigenvalue weighted by Gasteiger charge is 2.22. The number of carbonyl (C=O) groups is 1. The van der Waals surface area contributed by atoms with E-state index >= 15 is 0 Å². The fraction of sp³-hybridized carbons (Fsp3) is 0.200. The summed E-state index contributed by atoms with van der Waals surface area (Å²) in [7, 11) is -4.00. The molecule has 1 aromatic heterocycles. The number of aryl methyl sites for hydroxylation is 1. The molecule has 3 N–H and O–H groups in total. The van der Waals surface area contributed by atoms with E-state index in [1.54, 1.807) is 60.9 Å². The van der Waals surface area contributed by atoms with Crippen LogP contribution < -0.4 is 14.8 Å². The maximum absolute atomic E-state index is 12.7. The minimum absolute atomic E-state index is 0.0000323. The third-order valence-corrected chi connectivity index (χ3v) is 7.98. The Bertz CT molecular complexity index is 1530. The van der Waals surface area contributed by atoms with Crippen molar-refractivity contribution in [2.45, 2.75) is 29.9 Å². The van der Waals surface area contributed by atoms with E-state index in [9.17, 15) is 18.3 Å². The van der Waals surface area contributed by atoms with Gasteiger partial charge in [0.25, 0.3) is 15.9 Å². The molecule has 1 amide bonds. The second-order valence-corrected chi connectivity index (χ2v) is 11.1. The molecule has 1 aliphatic heterocycles. The van der Waals surface area contributed by atoms with Crippen molar-refractivity contribution in [1.82, 2.24) is 15.0 Å². The lowest BCUT2D eigenvalue weighted by Gasteiger charge is -2.27. The number of benzene rings is 3. The van der Waals surface area contributed by atoms with Gasteiger partial charge < -0.3 is 15.2 Å². The number of pyridine rings is 1. The number of hydrogen-bond acceptors (Lipinski definition) is 7. The highest BCUT2D eigenvalue weighted by atomic mass is 32.2. The van der Waals surface area contributed by atoms with E-state index < -0.39 is 22.0 Å². The summed E-state index contributed by atoms with van der Waals surface area (Å²) < 4.78 is 33.7. The molecule has 1 aliphatic rings. The minimum Gasteiger partial charge on any atom is -0.489 e. The highest BCUT2D eigenvalue weighted by molar-refractivity contribution is 7.90. The lowest BCUT2D eigenvalue weighted by atomic mass is 9.97. The lowest BCUT2D eigenvalue weighted by molar-refractivity contribution is 0.0981. The predicted molar refractivity (Wildman–Crippen MR) is 148 cm³/mol. The quantitative estimate of drug-likeness (QED) is 0.293. The van der Waals surface area contributed by atoms with Crippen LogP contribution in [0.4, 0.5) is 0 Å². The van der Waals surface area contributed by atoms with Gasteiger partial charge in [-0.1, -0.05) is 42.5 Å². The van der Waals surface area contributed by atoms with Crippen LogP contribution in [0, 0.1) is 0 Å². The summed E-state index contributed by atoms with van der Waals surface area (Å²) in [5.41, 5.74) is 3.94. The SMILES string of the molecule is O=C(NS(=O)(=O)c1ccc(-c2ccc3c(c2)CC[C@H](CNC[C@H](O)c2cccnc2)O3)cc1)c1ccccc1. The van der Waals surface area contributed by atoms with Gasteiger partial charge in [0, 0.05) is 36.6 Å². The summed E-state index contributed by atoms with van der Waals surface area (Å²) >= 11 is 0. The molecule has 0 aliphatic carbocycles. The van der Waals surface area contributed by atoms with Crippen molar-refractivity contribution in [2.75, 3.05) is 13.1 Å². The third kappa shape index (κ3) is 6.51. The first-order valence-electron chi connectivity index (χ1n) is 12.7. The van der Waals surface area contributed by atoms with Gasteiger partial charge in [0.2, 0.25) is 0 Å². The van der Waals surface area contributed by atoms with Crippen molar-refractivity contribution >= 4 is 15.9 Å². The Hall–Kier alpha value is -4.05. The highest BCUT2D eigenvalue weighted by Crippen LogP contribution is 2.32. The number of amides is 1. The van der Waals surface area contributed by atoms with Crippen molar-refractivity contribution in [3.8, 4) is 16.9 Å². The van der Waals surface area contributed by atoms with Crippen molar-refractivity contribution in [3.05, 3.63) is 114 Å². The van der Waals surface area contributed by atoms with E-state index in [1.165, 1.54) is 12.1 Å². The molecule has 0 spiro atoms. The fourth-order valence-corrected chi connectivity index (χ4v) is 5.47. The number of nitrogens with one attached hydrogen (secondary N) is 2. The molecular weight excluding hydrogens is 514 g/mol. The average molecular weight is 544 g/mol. The molecule has 9 heteroatoms. The molecule has 5 rings (SSSR count). The largest absolute Gasteiger partial charge is 0.489 e. The number of sulfonamides is 1. The molecule has 0 fully saturated rings.